The van der Waals surface area contributed by atoms with Crippen LogP contribution in [0.25, 0.3) is 0 Å². The average molecular weight is 270 g/mol. The van der Waals surface area contributed by atoms with Crippen molar-refractivity contribution in [2.45, 2.75) is 26.3 Å². The van der Waals surface area contributed by atoms with Gasteiger partial charge in [-0.3, -0.25) is 4.79 Å². The number of rotatable bonds is 3. The summed E-state index contributed by atoms with van der Waals surface area (Å²) < 4.78 is 0. The zero-order valence-corrected chi connectivity index (χ0v) is 11.2. The molecule has 1 aromatic rings. The number of halogens is 1. The van der Waals surface area contributed by atoms with E-state index in [4.69, 9.17) is 22.5 Å². The maximum absolute atomic E-state index is 12.0. The molecule has 0 heterocycles. The number of nitrogens with zero attached hydrogens (tertiary/aromatic N) is 1. The highest BCUT2D eigenvalue weighted by atomic mass is 35.5. The molecule has 0 saturated carbocycles. The third-order valence-electron chi connectivity index (χ3n) is 2.54. The lowest BCUT2D eigenvalue weighted by Gasteiger charge is -2.24. The molecule has 1 amide bonds. The van der Waals surface area contributed by atoms with Crippen molar-refractivity contribution in [3.05, 3.63) is 34.3 Å². The molecule has 0 fully saturated rings. The van der Waals surface area contributed by atoms with Gasteiger partial charge >= 0.3 is 0 Å². The van der Waals surface area contributed by atoms with Crippen LogP contribution in [0.5, 0.6) is 0 Å². The van der Waals surface area contributed by atoms with Crippen molar-refractivity contribution < 1.29 is 10.0 Å². The number of carbonyl (C=O) groups is 1. The fourth-order valence-electron chi connectivity index (χ4n) is 1.34. The van der Waals surface area contributed by atoms with Gasteiger partial charge in [-0.15, -0.1) is 0 Å². The highest BCUT2D eigenvalue weighted by molar-refractivity contribution is 6.34. The maximum atomic E-state index is 12.0. The summed E-state index contributed by atoms with van der Waals surface area (Å²) in [7, 11) is 0. The highest BCUT2D eigenvalue weighted by Crippen LogP contribution is 2.18. The molecule has 0 bridgehead atoms. The summed E-state index contributed by atoms with van der Waals surface area (Å²) in [4.78, 5) is 12.0. The summed E-state index contributed by atoms with van der Waals surface area (Å²) in [5, 5.41) is 14.5. The van der Waals surface area contributed by atoms with Crippen LogP contribution in [0.4, 0.5) is 0 Å². The molecule has 0 atom stereocenters. The SMILES string of the molecule is Cc1ccc(C(=O)NC(C)(C)/C(N)=N/O)c(Cl)c1. The summed E-state index contributed by atoms with van der Waals surface area (Å²) >= 11 is 5.99. The van der Waals surface area contributed by atoms with Crippen LogP contribution in [0.15, 0.2) is 23.4 Å². The zero-order chi connectivity index (χ0) is 13.9. The van der Waals surface area contributed by atoms with E-state index in [1.54, 1.807) is 32.0 Å². The Hall–Kier alpha value is -1.75. The topological polar surface area (TPSA) is 87.7 Å². The molecule has 0 aliphatic carbocycles. The van der Waals surface area contributed by atoms with Gasteiger partial charge in [0.2, 0.25) is 0 Å². The number of hydrogen-bond donors (Lipinski definition) is 3. The van der Waals surface area contributed by atoms with Crippen molar-refractivity contribution in [2.24, 2.45) is 10.9 Å². The van der Waals surface area contributed by atoms with Gasteiger partial charge < -0.3 is 16.3 Å². The number of aryl methyl sites for hydroxylation is 1. The maximum Gasteiger partial charge on any atom is 0.253 e. The Bertz CT molecular complexity index is 498. The Balaban J connectivity index is 2.96. The van der Waals surface area contributed by atoms with E-state index in [2.05, 4.69) is 10.5 Å². The van der Waals surface area contributed by atoms with Gasteiger partial charge in [-0.25, -0.2) is 0 Å². The third kappa shape index (κ3) is 3.13. The summed E-state index contributed by atoms with van der Waals surface area (Å²) in [6.45, 7) is 5.14. The monoisotopic (exact) mass is 269 g/mol. The first-order valence-corrected chi connectivity index (χ1v) is 5.72. The Morgan fingerprint density at radius 2 is 2.11 bits per heavy atom. The normalized spacial score (nSPS) is 12.3. The van der Waals surface area contributed by atoms with E-state index in [9.17, 15) is 4.79 Å². The van der Waals surface area contributed by atoms with Gasteiger partial charge in [-0.05, 0) is 38.5 Å². The number of amidine groups is 1. The zero-order valence-electron chi connectivity index (χ0n) is 10.5. The lowest BCUT2D eigenvalue weighted by molar-refractivity contribution is 0.0931. The van der Waals surface area contributed by atoms with Crippen LogP contribution < -0.4 is 11.1 Å². The molecule has 4 N–H and O–H groups in total. The molecule has 0 saturated heterocycles. The van der Waals surface area contributed by atoms with Crippen molar-refractivity contribution in [1.29, 1.82) is 0 Å². The minimum absolute atomic E-state index is 0.0842. The fourth-order valence-corrected chi connectivity index (χ4v) is 1.67. The summed E-state index contributed by atoms with van der Waals surface area (Å²) in [5.41, 5.74) is 5.85. The first-order chi connectivity index (χ1) is 8.27. The highest BCUT2D eigenvalue weighted by Gasteiger charge is 2.26. The molecule has 0 spiro atoms. The number of hydrogen-bond acceptors (Lipinski definition) is 3. The fraction of sp³-hybridized carbons (Fsp3) is 0.333. The minimum atomic E-state index is -0.958. The van der Waals surface area contributed by atoms with Crippen LogP contribution in [0.1, 0.15) is 29.8 Å². The second-order valence-corrected chi connectivity index (χ2v) is 4.95. The molecule has 5 nitrogen and oxygen atoms in total. The molecule has 1 aromatic carbocycles. The number of carbonyl (C=O) groups excluding carboxylic acids is 1. The third-order valence-corrected chi connectivity index (χ3v) is 2.86. The Morgan fingerprint density at radius 1 is 1.50 bits per heavy atom. The average Bonchev–Trinajstić information content (AvgIpc) is 2.26. The number of nitrogens with one attached hydrogen (secondary N) is 1. The first-order valence-electron chi connectivity index (χ1n) is 5.34. The van der Waals surface area contributed by atoms with Gasteiger partial charge in [0.15, 0.2) is 5.84 Å². The van der Waals surface area contributed by atoms with Crippen molar-refractivity contribution in [3.63, 3.8) is 0 Å². The van der Waals surface area contributed by atoms with Crippen molar-refractivity contribution in [2.75, 3.05) is 0 Å². The summed E-state index contributed by atoms with van der Waals surface area (Å²) in [6, 6.07) is 5.12. The van der Waals surface area contributed by atoms with Crippen LogP contribution in [-0.4, -0.2) is 22.5 Å². The van der Waals surface area contributed by atoms with Crippen molar-refractivity contribution in [1.82, 2.24) is 5.32 Å². The molecular weight excluding hydrogens is 254 g/mol. The molecule has 98 valence electrons. The first kappa shape index (κ1) is 14.3. The molecule has 0 unspecified atom stereocenters. The Kier molecular flexibility index (Phi) is 4.19. The van der Waals surface area contributed by atoms with Crippen molar-refractivity contribution >= 4 is 23.3 Å². The van der Waals surface area contributed by atoms with Gasteiger partial charge in [0.05, 0.1) is 16.1 Å². The summed E-state index contributed by atoms with van der Waals surface area (Å²) in [6.07, 6.45) is 0. The Morgan fingerprint density at radius 3 is 2.61 bits per heavy atom. The predicted octanol–water partition coefficient (Wildman–Crippen LogP) is 1.90. The molecule has 0 aliphatic heterocycles. The van der Waals surface area contributed by atoms with E-state index in [0.717, 1.165) is 5.56 Å². The van der Waals surface area contributed by atoms with Gasteiger partial charge in [0, 0.05) is 0 Å². The lowest BCUT2D eigenvalue weighted by Crippen LogP contribution is -2.53. The van der Waals surface area contributed by atoms with Gasteiger partial charge in [0.25, 0.3) is 5.91 Å². The molecule has 18 heavy (non-hydrogen) atoms. The van der Waals surface area contributed by atoms with Crippen molar-refractivity contribution in [3.8, 4) is 0 Å². The Labute approximate surface area is 111 Å². The number of oxime groups is 1. The summed E-state index contributed by atoms with van der Waals surface area (Å²) in [5.74, 6) is -0.462. The second kappa shape index (κ2) is 5.27. The van der Waals surface area contributed by atoms with Crippen LogP contribution in [0, 0.1) is 6.92 Å². The predicted molar refractivity (Wildman–Crippen MR) is 71.1 cm³/mol. The quantitative estimate of drug-likeness (QED) is 0.339. The molecule has 0 aromatic heterocycles. The van der Waals surface area contributed by atoms with E-state index in [1.165, 1.54) is 0 Å². The standard InChI is InChI=1S/C12H16ClN3O2/c1-7-4-5-8(9(13)6-7)10(17)15-12(2,3)11(14)16-18/h4-6,18H,1-3H3,(H2,14,16)(H,15,17). The molecule has 0 aliphatic rings. The minimum Gasteiger partial charge on any atom is -0.409 e. The molecular formula is C12H16ClN3O2. The van der Waals surface area contributed by atoms with E-state index >= 15 is 0 Å². The van der Waals surface area contributed by atoms with E-state index in [1.807, 2.05) is 6.92 Å². The van der Waals surface area contributed by atoms with E-state index in [0.29, 0.717) is 10.6 Å². The van der Waals surface area contributed by atoms with Crippen LogP contribution >= 0.6 is 11.6 Å². The van der Waals surface area contributed by atoms with Crippen LogP contribution in [0.3, 0.4) is 0 Å². The number of nitrogens with two attached hydrogens (primary N) is 1. The number of amides is 1. The smallest absolute Gasteiger partial charge is 0.253 e. The molecule has 6 heteroatoms. The lowest BCUT2D eigenvalue weighted by atomic mass is 10.0. The van der Waals surface area contributed by atoms with Gasteiger partial charge in [-0.1, -0.05) is 22.8 Å². The van der Waals surface area contributed by atoms with E-state index in [-0.39, 0.29) is 11.7 Å². The van der Waals surface area contributed by atoms with Gasteiger partial charge in [-0.2, -0.15) is 0 Å². The second-order valence-electron chi connectivity index (χ2n) is 4.55. The molecule has 0 radical (unpaired) electrons. The largest absolute Gasteiger partial charge is 0.409 e. The van der Waals surface area contributed by atoms with Gasteiger partial charge in [0.1, 0.15) is 0 Å². The van der Waals surface area contributed by atoms with E-state index < -0.39 is 5.54 Å². The molecule has 1 rings (SSSR count). The number of benzene rings is 1. The van der Waals surface area contributed by atoms with Crippen LogP contribution in [-0.2, 0) is 0 Å². The van der Waals surface area contributed by atoms with Crippen LogP contribution in [0.2, 0.25) is 5.02 Å².